The number of fused-ring (bicyclic) bond motifs is 2. The van der Waals surface area contributed by atoms with Crippen LogP contribution in [0.5, 0.6) is 5.75 Å². The summed E-state index contributed by atoms with van der Waals surface area (Å²) in [4.78, 5) is 28.6. The Labute approximate surface area is 211 Å². The van der Waals surface area contributed by atoms with Gasteiger partial charge in [0.1, 0.15) is 10.6 Å². The maximum atomic E-state index is 13.4. The van der Waals surface area contributed by atoms with E-state index in [0.717, 1.165) is 32.4 Å². The van der Waals surface area contributed by atoms with E-state index in [1.54, 1.807) is 31.2 Å². The Balaban J connectivity index is 1.51. The van der Waals surface area contributed by atoms with Crippen LogP contribution in [0.4, 0.5) is 11.4 Å². The van der Waals surface area contributed by atoms with E-state index in [0.29, 0.717) is 30.7 Å². The number of anilines is 2. The number of benzene rings is 2. The number of para-hydroxylation sites is 1. The van der Waals surface area contributed by atoms with Gasteiger partial charge in [0.2, 0.25) is 5.91 Å². The number of carbonyl (C=O) groups is 2. The number of carbonyl (C=O) groups excluding carboxylic acids is 2. The third-order valence-corrected chi connectivity index (χ3v) is 8.94. The van der Waals surface area contributed by atoms with E-state index >= 15 is 0 Å². The highest BCUT2D eigenvalue weighted by Crippen LogP contribution is 2.53. The van der Waals surface area contributed by atoms with E-state index in [-0.39, 0.29) is 39.8 Å². The van der Waals surface area contributed by atoms with Gasteiger partial charge in [-0.15, -0.1) is 0 Å². The van der Waals surface area contributed by atoms with Crippen LogP contribution in [0.25, 0.3) is 0 Å². The molecule has 0 unspecified atom stereocenters. The number of rotatable bonds is 7. The molecular weight excluding hydrogens is 480 g/mol. The summed E-state index contributed by atoms with van der Waals surface area (Å²) >= 11 is 0. The number of nitrogens with zero attached hydrogens (tertiary/aromatic N) is 1. The van der Waals surface area contributed by atoms with Crippen LogP contribution < -0.4 is 20.1 Å². The third kappa shape index (κ3) is 4.32. The van der Waals surface area contributed by atoms with Gasteiger partial charge in [-0.05, 0) is 82.6 Å². The molecule has 10 heteroatoms. The number of sulfonamides is 1. The SMILES string of the molecule is CCOc1ccccc1S(=O)(=O)Nc1cc(C(=O)NC2CCN(C)CC2)c2c(c1)C1(CCC1)C(=O)N2. The molecule has 3 aliphatic rings. The van der Waals surface area contributed by atoms with Crippen molar-refractivity contribution in [2.45, 2.75) is 55.4 Å². The lowest BCUT2D eigenvalue weighted by Crippen LogP contribution is -2.43. The Morgan fingerprint density at radius 3 is 2.58 bits per heavy atom. The summed E-state index contributed by atoms with van der Waals surface area (Å²) in [7, 11) is -1.96. The van der Waals surface area contributed by atoms with Gasteiger partial charge < -0.3 is 20.3 Å². The number of nitrogens with one attached hydrogen (secondary N) is 3. The van der Waals surface area contributed by atoms with E-state index in [9.17, 15) is 18.0 Å². The quantitative estimate of drug-likeness (QED) is 0.525. The molecule has 36 heavy (non-hydrogen) atoms. The van der Waals surface area contributed by atoms with Crippen molar-refractivity contribution < 1.29 is 22.7 Å². The smallest absolute Gasteiger partial charge is 0.265 e. The van der Waals surface area contributed by atoms with Gasteiger partial charge in [-0.2, -0.15) is 0 Å². The molecule has 0 aromatic heterocycles. The van der Waals surface area contributed by atoms with Crippen molar-refractivity contribution in [1.82, 2.24) is 10.2 Å². The Hall–Kier alpha value is -3.11. The van der Waals surface area contributed by atoms with Crippen molar-refractivity contribution in [1.29, 1.82) is 0 Å². The predicted octanol–water partition coefficient (Wildman–Crippen LogP) is 3.08. The van der Waals surface area contributed by atoms with Crippen molar-refractivity contribution in [3.63, 3.8) is 0 Å². The van der Waals surface area contributed by atoms with Crippen LogP contribution in [-0.4, -0.2) is 57.9 Å². The largest absolute Gasteiger partial charge is 0.492 e. The molecule has 3 N–H and O–H groups in total. The fourth-order valence-electron chi connectivity index (χ4n) is 5.35. The van der Waals surface area contributed by atoms with Gasteiger partial charge in [0.25, 0.3) is 15.9 Å². The van der Waals surface area contributed by atoms with E-state index in [2.05, 4.69) is 27.3 Å². The lowest BCUT2D eigenvalue weighted by atomic mass is 9.65. The van der Waals surface area contributed by atoms with Gasteiger partial charge in [-0.1, -0.05) is 18.6 Å². The predicted molar refractivity (Wildman–Crippen MR) is 137 cm³/mol. The molecule has 2 amide bonds. The van der Waals surface area contributed by atoms with Crippen LogP contribution in [0.15, 0.2) is 41.3 Å². The molecule has 2 aromatic carbocycles. The van der Waals surface area contributed by atoms with Crippen LogP contribution in [0.3, 0.4) is 0 Å². The normalized spacial score (nSPS) is 19.3. The monoisotopic (exact) mass is 512 g/mol. The van der Waals surface area contributed by atoms with Crippen molar-refractivity contribution >= 4 is 33.2 Å². The Bertz CT molecular complexity index is 1300. The summed E-state index contributed by atoms with van der Waals surface area (Å²) < 4.78 is 34.9. The molecule has 1 saturated carbocycles. The number of likely N-dealkylation sites (tertiary alicyclic amines) is 1. The maximum Gasteiger partial charge on any atom is 0.265 e. The van der Waals surface area contributed by atoms with Gasteiger partial charge >= 0.3 is 0 Å². The third-order valence-electron chi connectivity index (χ3n) is 7.52. The van der Waals surface area contributed by atoms with E-state index in [1.165, 1.54) is 12.1 Å². The van der Waals surface area contributed by atoms with Gasteiger partial charge in [-0.25, -0.2) is 8.42 Å². The fourth-order valence-corrected chi connectivity index (χ4v) is 6.54. The van der Waals surface area contributed by atoms with Crippen LogP contribution in [0.2, 0.25) is 0 Å². The molecule has 192 valence electrons. The standard InChI is InChI=1S/C26H32N4O5S/c1-3-35-21-7-4-5-8-22(21)36(33,34)29-18-15-19(24(31)27-17-9-13-30(2)14-10-17)23-20(16-18)26(11-6-12-26)25(32)28-23/h4-5,7-8,15-17,29H,3,6,9-14H2,1-2H3,(H,27,31)(H,28,32). The highest BCUT2D eigenvalue weighted by molar-refractivity contribution is 7.92. The first-order chi connectivity index (χ1) is 17.2. The Morgan fingerprint density at radius 2 is 1.92 bits per heavy atom. The number of hydrogen-bond donors (Lipinski definition) is 3. The van der Waals surface area contributed by atoms with E-state index < -0.39 is 15.4 Å². The minimum Gasteiger partial charge on any atom is -0.492 e. The Kier molecular flexibility index (Phi) is 6.42. The summed E-state index contributed by atoms with van der Waals surface area (Å²) in [5, 5.41) is 6.02. The van der Waals surface area contributed by atoms with Crippen LogP contribution in [-0.2, 0) is 20.2 Å². The topological polar surface area (TPSA) is 117 Å². The summed E-state index contributed by atoms with van der Waals surface area (Å²) in [5.41, 5.74) is 0.992. The second-order valence-electron chi connectivity index (χ2n) is 9.87. The van der Waals surface area contributed by atoms with Crippen molar-refractivity contribution in [3.05, 3.63) is 47.5 Å². The van der Waals surface area contributed by atoms with E-state index in [1.807, 2.05) is 0 Å². The van der Waals surface area contributed by atoms with Crippen molar-refractivity contribution in [2.24, 2.45) is 0 Å². The zero-order valence-corrected chi connectivity index (χ0v) is 21.4. The van der Waals surface area contributed by atoms with E-state index in [4.69, 9.17) is 4.74 Å². The molecule has 2 aromatic rings. The summed E-state index contributed by atoms with van der Waals surface area (Å²) in [6.45, 7) is 3.89. The molecule has 2 aliphatic heterocycles. The first-order valence-corrected chi connectivity index (χ1v) is 14.0. The minimum absolute atomic E-state index is 0.0113. The van der Waals surface area contributed by atoms with Crippen molar-refractivity contribution in [2.75, 3.05) is 36.8 Å². The molecule has 9 nitrogen and oxygen atoms in total. The molecule has 2 heterocycles. The second-order valence-corrected chi connectivity index (χ2v) is 11.5. The van der Waals surface area contributed by atoms with Crippen LogP contribution in [0.1, 0.15) is 54.9 Å². The molecular formula is C26H32N4O5S. The molecule has 0 atom stereocenters. The number of amides is 2. The minimum atomic E-state index is -4.02. The summed E-state index contributed by atoms with van der Waals surface area (Å²) in [6.07, 6.45) is 3.92. The lowest BCUT2D eigenvalue weighted by molar-refractivity contribution is -0.123. The zero-order chi connectivity index (χ0) is 25.5. The molecule has 0 bridgehead atoms. The van der Waals surface area contributed by atoms with Gasteiger partial charge in [-0.3, -0.25) is 14.3 Å². The average molecular weight is 513 g/mol. The molecule has 1 aliphatic carbocycles. The number of piperidine rings is 1. The number of hydrogen-bond acceptors (Lipinski definition) is 6. The molecule has 0 radical (unpaired) electrons. The van der Waals surface area contributed by atoms with Crippen LogP contribution in [0, 0.1) is 0 Å². The number of ether oxygens (including phenoxy) is 1. The first kappa shape index (κ1) is 24.6. The van der Waals surface area contributed by atoms with Gasteiger partial charge in [0.15, 0.2) is 0 Å². The lowest BCUT2D eigenvalue weighted by Gasteiger charge is -2.36. The fraction of sp³-hybridized carbons (Fsp3) is 0.462. The molecule has 1 spiro atoms. The van der Waals surface area contributed by atoms with Crippen LogP contribution >= 0.6 is 0 Å². The second kappa shape index (κ2) is 9.40. The Morgan fingerprint density at radius 1 is 1.19 bits per heavy atom. The molecule has 2 fully saturated rings. The summed E-state index contributed by atoms with van der Waals surface area (Å²) in [5.74, 6) is -0.187. The highest BCUT2D eigenvalue weighted by Gasteiger charge is 2.52. The molecule has 5 rings (SSSR count). The molecule has 1 saturated heterocycles. The maximum absolute atomic E-state index is 13.4. The summed E-state index contributed by atoms with van der Waals surface area (Å²) in [6, 6.07) is 9.66. The first-order valence-electron chi connectivity index (χ1n) is 12.5. The zero-order valence-electron chi connectivity index (χ0n) is 20.6. The average Bonchev–Trinajstić information content (AvgIpc) is 3.12. The van der Waals surface area contributed by atoms with Crippen molar-refractivity contribution in [3.8, 4) is 5.75 Å². The van der Waals surface area contributed by atoms with Gasteiger partial charge in [0, 0.05) is 6.04 Å². The van der Waals surface area contributed by atoms with Gasteiger partial charge in [0.05, 0.1) is 29.0 Å². The highest BCUT2D eigenvalue weighted by atomic mass is 32.2.